The van der Waals surface area contributed by atoms with Gasteiger partial charge in [0.25, 0.3) is 5.91 Å². The lowest BCUT2D eigenvalue weighted by atomic mass is 9.98. The van der Waals surface area contributed by atoms with Crippen LogP contribution in [0.25, 0.3) is 22.2 Å². The van der Waals surface area contributed by atoms with Gasteiger partial charge in [-0.05, 0) is 53.6 Å². The van der Waals surface area contributed by atoms with E-state index in [-0.39, 0.29) is 16.4 Å². The van der Waals surface area contributed by atoms with Crippen molar-refractivity contribution in [1.82, 2.24) is 13.9 Å². The Bertz CT molecular complexity index is 1830. The number of carbonyl (C=O) groups is 1. The smallest absolute Gasteiger partial charge is 0.338 e. The summed E-state index contributed by atoms with van der Waals surface area (Å²) in [5.41, 5.74) is 2.85. The van der Waals surface area contributed by atoms with E-state index in [0.29, 0.717) is 48.0 Å². The minimum absolute atomic E-state index is 0.0426. The van der Waals surface area contributed by atoms with Gasteiger partial charge in [0, 0.05) is 61.3 Å². The molecule has 0 aliphatic carbocycles. The number of anilines is 1. The third-order valence-electron chi connectivity index (χ3n) is 7.09. The van der Waals surface area contributed by atoms with Crippen molar-refractivity contribution < 1.29 is 26.6 Å². The summed E-state index contributed by atoms with van der Waals surface area (Å²) < 4.78 is 58.0. The Hall–Kier alpha value is -4.13. The van der Waals surface area contributed by atoms with Crippen molar-refractivity contribution in [1.29, 1.82) is 0 Å². The molecule has 12 heteroatoms. The largest absolute Gasteiger partial charge is 0.585 e. The van der Waals surface area contributed by atoms with Crippen molar-refractivity contribution in [2.45, 2.75) is 9.99 Å². The van der Waals surface area contributed by atoms with Gasteiger partial charge in [-0.15, -0.1) is 3.97 Å². The molecule has 1 aliphatic rings. The minimum atomic E-state index is -3.55. The van der Waals surface area contributed by atoms with Crippen LogP contribution in [0.1, 0.15) is 10.4 Å². The summed E-state index contributed by atoms with van der Waals surface area (Å²) in [6, 6.07) is 17.3. The van der Waals surface area contributed by atoms with Gasteiger partial charge in [0.15, 0.2) is 26.8 Å². The van der Waals surface area contributed by atoms with E-state index < -0.39 is 27.0 Å². The van der Waals surface area contributed by atoms with E-state index in [1.165, 1.54) is 30.5 Å². The highest BCUT2D eigenvalue weighted by atomic mass is 32.2. The number of halogens is 1. The lowest BCUT2D eigenvalue weighted by Gasteiger charge is -2.36. The molecule has 4 heterocycles. The summed E-state index contributed by atoms with van der Waals surface area (Å²) in [5, 5.41) is 1.15. The van der Waals surface area contributed by atoms with Crippen LogP contribution in [0.2, 0.25) is 0 Å². The lowest BCUT2D eigenvalue weighted by Crippen LogP contribution is -2.49. The van der Waals surface area contributed by atoms with Crippen LogP contribution in [0.4, 0.5) is 10.1 Å². The predicted molar refractivity (Wildman–Crippen MR) is 153 cm³/mol. The highest BCUT2D eigenvalue weighted by Crippen LogP contribution is 2.31. The highest BCUT2D eigenvalue weighted by Gasteiger charge is 2.28. The van der Waals surface area contributed by atoms with Crippen molar-refractivity contribution in [3.8, 4) is 11.1 Å². The third-order valence-corrected chi connectivity index (χ3v) is 9.43. The molecule has 1 aliphatic heterocycles. The number of nitrogens with zero attached hydrogens (tertiary/aromatic N) is 4. The third kappa shape index (κ3) is 5.21. The number of aromatic nitrogens is 2. The quantitative estimate of drug-likeness (QED) is 0.269. The summed E-state index contributed by atoms with van der Waals surface area (Å²) >= 11 is -1.58. The van der Waals surface area contributed by atoms with Gasteiger partial charge in [-0.3, -0.25) is 4.79 Å². The maximum atomic E-state index is 13.8. The van der Waals surface area contributed by atoms with Crippen molar-refractivity contribution in [3.63, 3.8) is 0 Å². The van der Waals surface area contributed by atoms with Crippen LogP contribution in [-0.2, 0) is 21.2 Å². The molecule has 0 N–H and O–H groups in total. The van der Waals surface area contributed by atoms with Crippen molar-refractivity contribution in [2.75, 3.05) is 37.3 Å². The molecule has 3 aromatic heterocycles. The average molecular weight is 593 g/mol. The minimum Gasteiger partial charge on any atom is -0.585 e. The number of rotatable bonds is 6. The van der Waals surface area contributed by atoms with Crippen LogP contribution in [-0.4, -0.2) is 65.2 Å². The number of amides is 1. The molecule has 0 bridgehead atoms. The fourth-order valence-corrected chi connectivity index (χ4v) is 6.65. The zero-order valence-corrected chi connectivity index (χ0v) is 23.6. The van der Waals surface area contributed by atoms with E-state index >= 15 is 0 Å². The Kier molecular flexibility index (Phi) is 7.06. The van der Waals surface area contributed by atoms with Crippen molar-refractivity contribution >= 4 is 43.8 Å². The number of carbonyl (C=O) groups excluding carboxylic acids is 1. The molecule has 6 rings (SSSR count). The highest BCUT2D eigenvalue weighted by molar-refractivity contribution is 7.90. The second-order valence-corrected chi connectivity index (χ2v) is 13.0. The fourth-order valence-electron chi connectivity index (χ4n) is 5.00. The first kappa shape index (κ1) is 27.1. The van der Waals surface area contributed by atoms with E-state index in [2.05, 4.69) is 9.88 Å². The molecule has 210 valence electrons. The van der Waals surface area contributed by atoms with Gasteiger partial charge in [0.1, 0.15) is 5.82 Å². The first-order chi connectivity index (χ1) is 19.7. The molecule has 0 radical (unpaired) electrons. The monoisotopic (exact) mass is 592 g/mol. The van der Waals surface area contributed by atoms with Crippen LogP contribution >= 0.6 is 0 Å². The molecule has 0 saturated carbocycles. The molecule has 1 fully saturated rings. The summed E-state index contributed by atoms with van der Waals surface area (Å²) in [5.74, 6) is -0.701. The topological polar surface area (TPSA) is 112 Å². The van der Waals surface area contributed by atoms with E-state index in [4.69, 9.17) is 4.42 Å². The Morgan fingerprint density at radius 2 is 1.78 bits per heavy atom. The lowest BCUT2D eigenvalue weighted by molar-refractivity contribution is 0.0747. The van der Waals surface area contributed by atoms with Gasteiger partial charge in [0.05, 0.1) is 17.4 Å². The number of pyridine rings is 1. The molecular weight excluding hydrogens is 567 g/mol. The number of furan rings is 1. The number of hydrogen-bond donors (Lipinski definition) is 0. The Morgan fingerprint density at radius 3 is 2.46 bits per heavy atom. The molecule has 0 spiro atoms. The first-order valence-electron chi connectivity index (χ1n) is 12.8. The SMILES string of the molecule is CS(=O)(=O)c1ccc(-c2ccc(F)cc2)c(C(=O)N2CCN(c3ccnc4c3ccn4[S+]([O-])c3ccco3)CC2)c1. The number of sulfone groups is 1. The van der Waals surface area contributed by atoms with Crippen LogP contribution in [0, 0.1) is 5.82 Å². The molecule has 1 unspecified atom stereocenters. The second kappa shape index (κ2) is 10.7. The molecule has 2 aromatic carbocycles. The fraction of sp³-hybridized carbons (Fsp3) is 0.172. The normalized spacial score (nSPS) is 14.9. The first-order valence-corrected chi connectivity index (χ1v) is 15.8. The number of benzene rings is 2. The van der Waals surface area contributed by atoms with Crippen LogP contribution < -0.4 is 4.90 Å². The Morgan fingerprint density at radius 1 is 1.02 bits per heavy atom. The van der Waals surface area contributed by atoms with Crippen LogP contribution in [0.3, 0.4) is 0 Å². The second-order valence-electron chi connectivity index (χ2n) is 9.66. The maximum absolute atomic E-state index is 13.8. The summed E-state index contributed by atoms with van der Waals surface area (Å²) in [4.78, 5) is 22.1. The van der Waals surface area contributed by atoms with Gasteiger partial charge in [-0.1, -0.05) is 18.2 Å². The standard InChI is InChI=1S/C29H25FN4O5S2/c1-41(37,38)22-8-9-23(20-4-6-21(30)7-5-20)25(19-22)29(35)33-16-14-32(15-17-33)26-10-12-31-28-24(26)11-13-34(28)40(36)27-3-2-18-39-27/h2-13,18-19H,14-17H2,1H3. The van der Waals surface area contributed by atoms with E-state index in [0.717, 1.165) is 17.3 Å². The Labute approximate surface area is 239 Å². The van der Waals surface area contributed by atoms with Crippen LogP contribution in [0.15, 0.2) is 99.8 Å². The Balaban J connectivity index is 1.25. The molecule has 1 saturated heterocycles. The molecular formula is C29H25FN4O5S2. The summed E-state index contributed by atoms with van der Waals surface area (Å²) in [6.07, 6.45) is 5.94. The van der Waals surface area contributed by atoms with Gasteiger partial charge < -0.3 is 18.8 Å². The zero-order valence-electron chi connectivity index (χ0n) is 21.9. The molecule has 1 atom stereocenters. The van der Waals surface area contributed by atoms with Gasteiger partial charge in [-0.2, -0.15) is 0 Å². The predicted octanol–water partition coefficient (Wildman–Crippen LogP) is 4.37. The molecule has 1 amide bonds. The summed E-state index contributed by atoms with van der Waals surface area (Å²) in [6.45, 7) is 1.84. The molecule has 41 heavy (non-hydrogen) atoms. The van der Waals surface area contributed by atoms with Crippen molar-refractivity contribution in [2.24, 2.45) is 0 Å². The van der Waals surface area contributed by atoms with E-state index in [1.807, 2.05) is 12.1 Å². The number of fused-ring (bicyclic) bond motifs is 1. The number of piperazine rings is 1. The summed E-state index contributed by atoms with van der Waals surface area (Å²) in [7, 11) is -3.55. The molecule has 9 nitrogen and oxygen atoms in total. The van der Waals surface area contributed by atoms with Crippen LogP contribution in [0.5, 0.6) is 0 Å². The van der Waals surface area contributed by atoms with E-state index in [9.17, 15) is 22.2 Å². The number of hydrogen-bond acceptors (Lipinski definition) is 7. The zero-order chi connectivity index (χ0) is 28.7. The van der Waals surface area contributed by atoms with Crippen molar-refractivity contribution in [3.05, 3.63) is 96.8 Å². The maximum Gasteiger partial charge on any atom is 0.338 e. The molecule has 5 aromatic rings. The van der Waals surface area contributed by atoms with Gasteiger partial charge in [0.2, 0.25) is 0 Å². The van der Waals surface area contributed by atoms with Gasteiger partial charge >= 0.3 is 5.09 Å². The average Bonchev–Trinajstić information content (AvgIpc) is 3.67. The van der Waals surface area contributed by atoms with Gasteiger partial charge in [-0.25, -0.2) is 17.8 Å². The van der Waals surface area contributed by atoms with E-state index in [1.54, 1.807) is 51.6 Å².